The van der Waals surface area contributed by atoms with Crippen molar-refractivity contribution in [3.05, 3.63) is 53.6 Å². The number of piperazine rings is 1. The Morgan fingerprint density at radius 1 is 1.04 bits per heavy atom. The van der Waals surface area contributed by atoms with Gasteiger partial charge in [0.15, 0.2) is 6.04 Å². The zero-order valence-corrected chi connectivity index (χ0v) is 16.5. The minimum absolute atomic E-state index is 0.147. The average molecular weight is 401 g/mol. The average Bonchev–Trinajstić information content (AvgIpc) is 3.03. The summed E-state index contributed by atoms with van der Waals surface area (Å²) in [6.07, 6.45) is 0.238. The second-order valence-corrected chi connectivity index (χ2v) is 7.53. The number of amides is 2. The Labute approximate surface area is 169 Å². The van der Waals surface area contributed by atoms with Gasteiger partial charge in [0.25, 0.3) is 5.91 Å². The first-order chi connectivity index (χ1) is 13.6. The Hall–Kier alpha value is -2.57. The number of halogens is 1. The van der Waals surface area contributed by atoms with Crippen molar-refractivity contribution < 1.29 is 19.2 Å². The van der Waals surface area contributed by atoms with Crippen molar-refractivity contribution in [2.24, 2.45) is 0 Å². The number of ether oxygens (including phenoxy) is 1. The zero-order valence-electron chi connectivity index (χ0n) is 15.7. The maximum absolute atomic E-state index is 13.0. The third-order valence-corrected chi connectivity index (χ3v) is 5.90. The summed E-state index contributed by atoms with van der Waals surface area (Å²) in [5.41, 5.74) is 1.63. The van der Waals surface area contributed by atoms with E-state index >= 15 is 0 Å². The second kappa shape index (κ2) is 7.81. The van der Waals surface area contributed by atoms with Crippen LogP contribution in [-0.2, 0) is 9.59 Å². The van der Waals surface area contributed by atoms with Crippen molar-refractivity contribution in [1.29, 1.82) is 0 Å². The number of anilines is 2. The van der Waals surface area contributed by atoms with Crippen LogP contribution in [0.1, 0.15) is 6.42 Å². The van der Waals surface area contributed by atoms with Crippen LogP contribution in [0, 0.1) is 0 Å². The SMILES string of the molecule is COc1ccc(N2CC[NH+]([C@@H]3CC(=O)N(c4ccccc4Cl)C3=O)CC2)cc1. The zero-order chi connectivity index (χ0) is 19.7. The van der Waals surface area contributed by atoms with Crippen LogP contribution in [0.2, 0.25) is 5.02 Å². The molecule has 1 atom stereocenters. The summed E-state index contributed by atoms with van der Waals surface area (Å²) in [4.78, 5) is 30.3. The fourth-order valence-corrected chi connectivity index (χ4v) is 4.25. The monoisotopic (exact) mass is 400 g/mol. The number of carbonyl (C=O) groups is 2. The van der Waals surface area contributed by atoms with Gasteiger partial charge in [0.1, 0.15) is 5.75 Å². The molecular weight excluding hydrogens is 378 g/mol. The van der Waals surface area contributed by atoms with E-state index in [1.807, 2.05) is 24.3 Å². The third kappa shape index (κ3) is 3.45. The predicted molar refractivity (Wildman–Crippen MR) is 108 cm³/mol. The van der Waals surface area contributed by atoms with Crippen LogP contribution >= 0.6 is 11.6 Å². The van der Waals surface area contributed by atoms with Gasteiger partial charge in [-0.25, -0.2) is 4.90 Å². The number of benzene rings is 2. The van der Waals surface area contributed by atoms with E-state index in [1.54, 1.807) is 31.4 Å². The number of carbonyl (C=O) groups excluding carboxylic acids is 2. The quantitative estimate of drug-likeness (QED) is 0.788. The molecule has 2 amide bonds. The van der Waals surface area contributed by atoms with E-state index in [2.05, 4.69) is 4.90 Å². The Morgan fingerprint density at radius 2 is 1.71 bits per heavy atom. The highest BCUT2D eigenvalue weighted by atomic mass is 35.5. The summed E-state index contributed by atoms with van der Waals surface area (Å²) >= 11 is 6.21. The van der Waals surface area contributed by atoms with E-state index in [1.165, 1.54) is 4.90 Å². The Morgan fingerprint density at radius 3 is 2.36 bits per heavy atom. The molecule has 0 aromatic heterocycles. The maximum Gasteiger partial charge on any atom is 0.292 e. The number of rotatable bonds is 4. The topological polar surface area (TPSA) is 54.3 Å². The molecule has 2 aliphatic heterocycles. The Bertz CT molecular complexity index is 879. The van der Waals surface area contributed by atoms with Crippen LogP contribution in [0.3, 0.4) is 0 Å². The van der Waals surface area contributed by atoms with E-state index in [-0.39, 0.29) is 24.3 Å². The summed E-state index contributed by atoms with van der Waals surface area (Å²) in [6, 6.07) is 14.7. The normalized spacial score (nSPS) is 20.7. The van der Waals surface area contributed by atoms with Crippen LogP contribution in [0.5, 0.6) is 5.75 Å². The standard InChI is InChI=1S/C21H22ClN3O3/c1-28-16-8-6-15(7-9-16)23-10-12-24(13-11-23)19-14-20(26)25(21(19)27)18-5-3-2-4-17(18)22/h2-9,19H,10-14H2,1H3/p+1/t19-/m1/s1. The molecule has 2 heterocycles. The molecule has 2 fully saturated rings. The number of hydrogen-bond acceptors (Lipinski definition) is 4. The minimum atomic E-state index is -0.332. The first-order valence-corrected chi connectivity index (χ1v) is 9.81. The summed E-state index contributed by atoms with van der Waals surface area (Å²) in [5.74, 6) is 0.516. The molecule has 2 aliphatic rings. The molecule has 2 aromatic rings. The highest BCUT2D eigenvalue weighted by Gasteiger charge is 2.46. The van der Waals surface area contributed by atoms with Crippen molar-refractivity contribution in [2.75, 3.05) is 43.1 Å². The lowest BCUT2D eigenvalue weighted by Crippen LogP contribution is -3.19. The minimum Gasteiger partial charge on any atom is -0.497 e. The van der Waals surface area contributed by atoms with Gasteiger partial charge < -0.3 is 14.5 Å². The van der Waals surface area contributed by atoms with Gasteiger partial charge in [0.2, 0.25) is 5.91 Å². The molecule has 0 spiro atoms. The van der Waals surface area contributed by atoms with E-state index in [0.717, 1.165) is 42.5 Å². The van der Waals surface area contributed by atoms with Crippen LogP contribution in [0.4, 0.5) is 11.4 Å². The second-order valence-electron chi connectivity index (χ2n) is 7.12. The molecule has 0 radical (unpaired) electrons. The fourth-order valence-electron chi connectivity index (χ4n) is 4.03. The Kier molecular flexibility index (Phi) is 5.24. The van der Waals surface area contributed by atoms with Crippen molar-refractivity contribution >= 4 is 34.8 Å². The number of nitrogens with zero attached hydrogens (tertiary/aromatic N) is 2. The van der Waals surface area contributed by atoms with E-state index in [0.29, 0.717) is 10.7 Å². The molecule has 7 heteroatoms. The smallest absolute Gasteiger partial charge is 0.292 e. The van der Waals surface area contributed by atoms with E-state index in [9.17, 15) is 9.59 Å². The molecule has 4 rings (SSSR count). The van der Waals surface area contributed by atoms with Crippen molar-refractivity contribution in [3.8, 4) is 5.75 Å². The summed E-state index contributed by atoms with van der Waals surface area (Å²) in [5, 5.41) is 0.421. The number of quaternary nitrogens is 1. The highest BCUT2D eigenvalue weighted by Crippen LogP contribution is 2.29. The molecule has 0 unspecified atom stereocenters. The molecule has 2 aromatic carbocycles. The molecule has 2 saturated heterocycles. The van der Waals surface area contributed by atoms with Crippen molar-refractivity contribution in [2.45, 2.75) is 12.5 Å². The fraction of sp³-hybridized carbons (Fsp3) is 0.333. The predicted octanol–water partition coefficient (Wildman–Crippen LogP) is 1.39. The van der Waals surface area contributed by atoms with Gasteiger partial charge in [-0.05, 0) is 36.4 Å². The van der Waals surface area contributed by atoms with Crippen LogP contribution < -0.4 is 19.4 Å². The number of imide groups is 1. The lowest BCUT2D eigenvalue weighted by molar-refractivity contribution is -0.915. The third-order valence-electron chi connectivity index (χ3n) is 5.58. The van der Waals surface area contributed by atoms with Gasteiger partial charge in [-0.2, -0.15) is 0 Å². The summed E-state index contributed by atoms with van der Waals surface area (Å²) < 4.78 is 5.21. The lowest BCUT2D eigenvalue weighted by atomic mass is 10.1. The first kappa shape index (κ1) is 18.8. The van der Waals surface area contributed by atoms with Gasteiger partial charge >= 0.3 is 0 Å². The first-order valence-electron chi connectivity index (χ1n) is 9.43. The van der Waals surface area contributed by atoms with Crippen LogP contribution in [-0.4, -0.2) is 51.1 Å². The van der Waals surface area contributed by atoms with Gasteiger partial charge in [0.05, 0.1) is 50.4 Å². The number of para-hydroxylation sites is 1. The van der Waals surface area contributed by atoms with Crippen LogP contribution in [0.25, 0.3) is 0 Å². The molecule has 146 valence electrons. The van der Waals surface area contributed by atoms with Gasteiger partial charge in [0, 0.05) is 5.69 Å². The van der Waals surface area contributed by atoms with Gasteiger partial charge in [-0.3, -0.25) is 9.59 Å². The largest absolute Gasteiger partial charge is 0.497 e. The van der Waals surface area contributed by atoms with Crippen LogP contribution in [0.15, 0.2) is 48.5 Å². The van der Waals surface area contributed by atoms with Crippen molar-refractivity contribution in [3.63, 3.8) is 0 Å². The number of methoxy groups -OCH3 is 1. The molecule has 0 saturated carbocycles. The molecule has 1 N–H and O–H groups in total. The van der Waals surface area contributed by atoms with E-state index < -0.39 is 0 Å². The summed E-state index contributed by atoms with van der Waals surface area (Å²) in [7, 11) is 1.66. The van der Waals surface area contributed by atoms with E-state index in [4.69, 9.17) is 16.3 Å². The number of nitrogens with one attached hydrogen (secondary N) is 1. The van der Waals surface area contributed by atoms with Crippen molar-refractivity contribution in [1.82, 2.24) is 0 Å². The molecule has 6 nitrogen and oxygen atoms in total. The summed E-state index contributed by atoms with van der Waals surface area (Å²) in [6.45, 7) is 3.30. The lowest BCUT2D eigenvalue weighted by Gasteiger charge is -2.35. The molecule has 0 bridgehead atoms. The molecule has 0 aliphatic carbocycles. The van der Waals surface area contributed by atoms with Gasteiger partial charge in [-0.1, -0.05) is 23.7 Å². The van der Waals surface area contributed by atoms with Gasteiger partial charge in [-0.15, -0.1) is 0 Å². The molecule has 28 heavy (non-hydrogen) atoms. The molecular formula is C21H23ClN3O3+. The maximum atomic E-state index is 13.0. The number of hydrogen-bond donors (Lipinski definition) is 1. The highest BCUT2D eigenvalue weighted by molar-refractivity contribution is 6.36. The Balaban J connectivity index is 1.43.